The van der Waals surface area contributed by atoms with E-state index in [1.807, 2.05) is 25.1 Å². The van der Waals surface area contributed by atoms with E-state index in [1.54, 1.807) is 0 Å². The highest BCUT2D eigenvalue weighted by molar-refractivity contribution is 5.16. The van der Waals surface area contributed by atoms with Crippen molar-refractivity contribution < 1.29 is 9.84 Å². The molecule has 1 N–H and O–H groups in total. The topological polar surface area (TPSA) is 29.5 Å². The molecule has 1 aromatic carbocycles. The summed E-state index contributed by atoms with van der Waals surface area (Å²) in [5.41, 5.74) is 1.22. The Bertz CT molecular complexity index is 401. The van der Waals surface area contributed by atoms with Gasteiger partial charge in [0.1, 0.15) is 0 Å². The van der Waals surface area contributed by atoms with E-state index in [9.17, 15) is 5.11 Å². The third-order valence-electron chi connectivity index (χ3n) is 4.76. The standard InChI is InChI=1S/C18H28O2/c1-4-20-18(12-10-17(2,3)11-13-18)16(19)14-15-8-6-5-7-9-15/h5-9,16,19H,4,10-14H2,1-3H3. The van der Waals surface area contributed by atoms with Gasteiger partial charge in [0.15, 0.2) is 0 Å². The average molecular weight is 276 g/mol. The van der Waals surface area contributed by atoms with Crippen LogP contribution in [0.2, 0.25) is 0 Å². The summed E-state index contributed by atoms with van der Waals surface area (Å²) in [6.07, 6.45) is 4.43. The molecule has 1 fully saturated rings. The number of aliphatic hydroxyl groups excluding tert-OH is 1. The van der Waals surface area contributed by atoms with Gasteiger partial charge in [-0.3, -0.25) is 0 Å². The summed E-state index contributed by atoms with van der Waals surface area (Å²) in [5.74, 6) is 0. The summed E-state index contributed by atoms with van der Waals surface area (Å²) in [4.78, 5) is 0. The second-order valence-electron chi connectivity index (χ2n) is 6.87. The van der Waals surface area contributed by atoms with E-state index in [-0.39, 0.29) is 5.60 Å². The van der Waals surface area contributed by atoms with Crippen molar-refractivity contribution in [2.24, 2.45) is 5.41 Å². The molecule has 20 heavy (non-hydrogen) atoms. The van der Waals surface area contributed by atoms with Crippen LogP contribution in [0.5, 0.6) is 0 Å². The van der Waals surface area contributed by atoms with Crippen LogP contribution in [0.3, 0.4) is 0 Å². The van der Waals surface area contributed by atoms with Crippen molar-refractivity contribution in [2.75, 3.05) is 6.61 Å². The number of hydrogen-bond acceptors (Lipinski definition) is 2. The van der Waals surface area contributed by atoms with Crippen LogP contribution < -0.4 is 0 Å². The van der Waals surface area contributed by atoms with Gasteiger partial charge in [-0.2, -0.15) is 0 Å². The molecule has 0 aliphatic heterocycles. The maximum atomic E-state index is 10.8. The van der Waals surface area contributed by atoms with Crippen molar-refractivity contribution in [3.8, 4) is 0 Å². The van der Waals surface area contributed by atoms with Crippen molar-refractivity contribution in [3.05, 3.63) is 35.9 Å². The minimum Gasteiger partial charge on any atom is -0.390 e. The smallest absolute Gasteiger partial charge is 0.0943 e. The Morgan fingerprint density at radius 3 is 2.25 bits per heavy atom. The van der Waals surface area contributed by atoms with Gasteiger partial charge in [0.05, 0.1) is 11.7 Å². The molecule has 0 heterocycles. The molecule has 0 saturated heterocycles. The highest BCUT2D eigenvalue weighted by Crippen LogP contribution is 2.44. The molecule has 1 saturated carbocycles. The first kappa shape index (κ1) is 15.5. The molecule has 1 aromatic rings. The molecule has 2 rings (SSSR count). The Hall–Kier alpha value is -0.860. The fourth-order valence-electron chi connectivity index (χ4n) is 3.23. The lowest BCUT2D eigenvalue weighted by molar-refractivity contribution is -0.150. The quantitative estimate of drug-likeness (QED) is 0.882. The fraction of sp³-hybridized carbons (Fsp3) is 0.667. The maximum Gasteiger partial charge on any atom is 0.0943 e. The van der Waals surface area contributed by atoms with Crippen LogP contribution >= 0.6 is 0 Å². The summed E-state index contributed by atoms with van der Waals surface area (Å²) in [7, 11) is 0. The largest absolute Gasteiger partial charge is 0.390 e. The molecule has 0 radical (unpaired) electrons. The highest BCUT2D eigenvalue weighted by atomic mass is 16.5. The fourth-order valence-corrected chi connectivity index (χ4v) is 3.23. The second-order valence-corrected chi connectivity index (χ2v) is 6.87. The van der Waals surface area contributed by atoms with Crippen LogP contribution in [0.25, 0.3) is 0 Å². The van der Waals surface area contributed by atoms with Crippen LogP contribution in [-0.4, -0.2) is 23.4 Å². The van der Waals surface area contributed by atoms with E-state index in [4.69, 9.17) is 4.74 Å². The van der Waals surface area contributed by atoms with E-state index < -0.39 is 6.10 Å². The molecule has 1 atom stereocenters. The lowest BCUT2D eigenvalue weighted by Crippen LogP contribution is -2.50. The highest BCUT2D eigenvalue weighted by Gasteiger charge is 2.44. The number of aliphatic hydroxyl groups is 1. The SMILES string of the molecule is CCOC1(C(O)Cc2ccccc2)CCC(C)(C)CC1. The van der Waals surface area contributed by atoms with Crippen LogP contribution in [0, 0.1) is 5.41 Å². The third kappa shape index (κ3) is 3.62. The molecule has 1 aliphatic rings. The Balaban J connectivity index is 2.08. The molecule has 112 valence electrons. The Labute approximate surface area is 123 Å². The molecule has 0 bridgehead atoms. The third-order valence-corrected chi connectivity index (χ3v) is 4.76. The van der Waals surface area contributed by atoms with Crippen LogP contribution in [-0.2, 0) is 11.2 Å². The van der Waals surface area contributed by atoms with Crippen LogP contribution in [0.4, 0.5) is 0 Å². The molecular weight excluding hydrogens is 248 g/mol. The Morgan fingerprint density at radius 1 is 1.10 bits per heavy atom. The minimum atomic E-state index is -0.416. The van der Waals surface area contributed by atoms with Crippen LogP contribution in [0.1, 0.15) is 52.0 Å². The monoisotopic (exact) mass is 276 g/mol. The molecule has 0 aromatic heterocycles. The van der Waals surface area contributed by atoms with E-state index in [0.717, 1.165) is 25.7 Å². The van der Waals surface area contributed by atoms with Crippen molar-refractivity contribution in [3.63, 3.8) is 0 Å². The predicted molar refractivity (Wildman–Crippen MR) is 82.8 cm³/mol. The number of rotatable bonds is 5. The zero-order chi connectivity index (χ0) is 14.6. The van der Waals surface area contributed by atoms with E-state index in [2.05, 4.69) is 26.0 Å². The summed E-state index contributed by atoms with van der Waals surface area (Å²) in [6, 6.07) is 10.2. The van der Waals surface area contributed by atoms with E-state index >= 15 is 0 Å². The number of ether oxygens (including phenoxy) is 1. The van der Waals surface area contributed by atoms with Gasteiger partial charge in [-0.15, -0.1) is 0 Å². The van der Waals surface area contributed by atoms with Crippen LogP contribution in [0.15, 0.2) is 30.3 Å². The van der Waals surface area contributed by atoms with Gasteiger partial charge in [0.25, 0.3) is 0 Å². The Kier molecular flexibility index (Phi) is 4.87. The first-order valence-electron chi connectivity index (χ1n) is 7.83. The van der Waals surface area contributed by atoms with Gasteiger partial charge >= 0.3 is 0 Å². The van der Waals surface area contributed by atoms with E-state index in [1.165, 1.54) is 5.56 Å². The molecule has 1 aliphatic carbocycles. The van der Waals surface area contributed by atoms with Crippen molar-refractivity contribution in [2.45, 2.75) is 64.6 Å². The molecule has 2 nitrogen and oxygen atoms in total. The van der Waals surface area contributed by atoms with Gasteiger partial charge in [-0.25, -0.2) is 0 Å². The molecular formula is C18H28O2. The summed E-state index contributed by atoms with van der Waals surface area (Å²) in [6.45, 7) is 7.32. The van der Waals surface area contributed by atoms with Gasteiger partial charge in [0.2, 0.25) is 0 Å². The maximum absolute atomic E-state index is 10.8. The summed E-state index contributed by atoms with van der Waals surface area (Å²) >= 11 is 0. The second kappa shape index (κ2) is 6.28. The number of benzene rings is 1. The molecule has 0 spiro atoms. The minimum absolute atomic E-state index is 0.347. The zero-order valence-electron chi connectivity index (χ0n) is 13.1. The Morgan fingerprint density at radius 2 is 1.70 bits per heavy atom. The first-order valence-corrected chi connectivity index (χ1v) is 7.83. The molecule has 1 unspecified atom stereocenters. The summed E-state index contributed by atoms with van der Waals surface area (Å²) < 4.78 is 6.05. The number of hydrogen-bond donors (Lipinski definition) is 1. The predicted octanol–water partition coefficient (Wildman–Crippen LogP) is 3.97. The van der Waals surface area contributed by atoms with Crippen molar-refractivity contribution >= 4 is 0 Å². The van der Waals surface area contributed by atoms with Gasteiger partial charge in [-0.05, 0) is 43.6 Å². The average Bonchev–Trinajstić information content (AvgIpc) is 2.43. The molecule has 0 amide bonds. The summed E-state index contributed by atoms with van der Waals surface area (Å²) in [5, 5.41) is 10.8. The zero-order valence-corrected chi connectivity index (χ0v) is 13.1. The van der Waals surface area contributed by atoms with Gasteiger partial charge < -0.3 is 9.84 Å². The molecule has 2 heteroatoms. The van der Waals surface area contributed by atoms with E-state index in [0.29, 0.717) is 18.4 Å². The van der Waals surface area contributed by atoms with Gasteiger partial charge in [0, 0.05) is 13.0 Å². The first-order chi connectivity index (χ1) is 9.47. The van der Waals surface area contributed by atoms with Crippen molar-refractivity contribution in [1.29, 1.82) is 0 Å². The van der Waals surface area contributed by atoms with Crippen molar-refractivity contribution in [1.82, 2.24) is 0 Å². The lowest BCUT2D eigenvalue weighted by atomic mass is 9.68. The lowest BCUT2D eigenvalue weighted by Gasteiger charge is -2.46. The van der Waals surface area contributed by atoms with Gasteiger partial charge in [-0.1, -0.05) is 44.2 Å². The normalized spacial score (nSPS) is 22.4.